The summed E-state index contributed by atoms with van der Waals surface area (Å²) in [5.41, 5.74) is 1.67. The van der Waals surface area contributed by atoms with Crippen LogP contribution < -0.4 is 10.6 Å². The minimum Gasteiger partial charge on any atom is -0.357 e. The van der Waals surface area contributed by atoms with Crippen molar-refractivity contribution in [2.45, 2.75) is 45.7 Å². The van der Waals surface area contributed by atoms with Gasteiger partial charge in [-0.1, -0.05) is 19.1 Å². The van der Waals surface area contributed by atoms with Gasteiger partial charge in [0.25, 0.3) is 0 Å². The Labute approximate surface area is 185 Å². The van der Waals surface area contributed by atoms with E-state index in [-0.39, 0.29) is 35.8 Å². The minimum atomic E-state index is -3.11. The van der Waals surface area contributed by atoms with Crippen LogP contribution in [0.2, 0.25) is 0 Å². The predicted molar refractivity (Wildman–Crippen MR) is 123 cm³/mol. The third-order valence-corrected chi connectivity index (χ3v) is 6.57. The predicted octanol–water partition coefficient (Wildman–Crippen LogP) is 2.44. The summed E-state index contributed by atoms with van der Waals surface area (Å²) in [6.07, 6.45) is 2.18. The van der Waals surface area contributed by atoms with Crippen molar-refractivity contribution in [2.75, 3.05) is 25.4 Å². The van der Waals surface area contributed by atoms with Crippen molar-refractivity contribution in [3.63, 3.8) is 0 Å². The number of sulfonamides is 1. The van der Waals surface area contributed by atoms with Crippen LogP contribution in [0.15, 0.2) is 29.3 Å². The molecule has 1 aromatic carbocycles. The molecule has 0 saturated carbocycles. The Morgan fingerprint density at radius 1 is 1.25 bits per heavy atom. The van der Waals surface area contributed by atoms with E-state index in [1.165, 1.54) is 0 Å². The maximum absolute atomic E-state index is 12.2. The van der Waals surface area contributed by atoms with Gasteiger partial charge >= 0.3 is 0 Å². The Hall–Kier alpha value is -1.38. The van der Waals surface area contributed by atoms with Gasteiger partial charge in [0, 0.05) is 25.7 Å². The Morgan fingerprint density at radius 2 is 1.89 bits per heavy atom. The van der Waals surface area contributed by atoms with Crippen molar-refractivity contribution in [1.82, 2.24) is 14.9 Å². The van der Waals surface area contributed by atoms with Crippen LogP contribution in [0.1, 0.15) is 44.2 Å². The molecule has 9 heteroatoms. The van der Waals surface area contributed by atoms with E-state index in [4.69, 9.17) is 5.26 Å². The average Bonchev–Trinajstić information content (AvgIpc) is 2.67. The van der Waals surface area contributed by atoms with Gasteiger partial charge in [-0.2, -0.15) is 5.26 Å². The number of nitriles is 1. The summed E-state index contributed by atoms with van der Waals surface area (Å²) in [4.78, 5) is 4.61. The van der Waals surface area contributed by atoms with E-state index in [0.29, 0.717) is 31.6 Å². The SMILES string of the molecule is CCCS(=O)(=O)N1CCC(NC(=NCc2ccc(C#N)cc2)NCC)CC1.I. The van der Waals surface area contributed by atoms with Crippen molar-refractivity contribution in [1.29, 1.82) is 5.26 Å². The number of hydrogen-bond acceptors (Lipinski definition) is 4. The first kappa shape index (κ1) is 24.7. The molecule has 1 fully saturated rings. The molecule has 0 spiro atoms. The first-order valence-corrected chi connectivity index (χ1v) is 11.1. The van der Waals surface area contributed by atoms with Crippen molar-refractivity contribution >= 4 is 40.0 Å². The van der Waals surface area contributed by atoms with Crippen LogP contribution in [0, 0.1) is 11.3 Å². The summed E-state index contributed by atoms with van der Waals surface area (Å²) in [6.45, 7) is 6.27. The number of hydrogen-bond donors (Lipinski definition) is 2. The van der Waals surface area contributed by atoms with Crippen molar-refractivity contribution < 1.29 is 8.42 Å². The number of halogens is 1. The molecule has 7 nitrogen and oxygen atoms in total. The van der Waals surface area contributed by atoms with E-state index in [0.717, 1.165) is 30.9 Å². The van der Waals surface area contributed by atoms with Gasteiger partial charge in [0.1, 0.15) is 0 Å². The van der Waals surface area contributed by atoms with Crippen LogP contribution in [0.25, 0.3) is 0 Å². The van der Waals surface area contributed by atoms with Gasteiger partial charge in [-0.25, -0.2) is 17.7 Å². The summed E-state index contributed by atoms with van der Waals surface area (Å²) < 4.78 is 25.9. The molecule has 0 atom stereocenters. The number of piperidine rings is 1. The molecule has 1 heterocycles. The van der Waals surface area contributed by atoms with Crippen molar-refractivity contribution in [3.05, 3.63) is 35.4 Å². The second-order valence-electron chi connectivity index (χ2n) is 6.64. The minimum absolute atomic E-state index is 0. The third kappa shape index (κ3) is 7.56. The van der Waals surface area contributed by atoms with Crippen LogP contribution in [0.4, 0.5) is 0 Å². The first-order valence-electron chi connectivity index (χ1n) is 9.50. The molecule has 1 aromatic rings. The molecule has 156 valence electrons. The molecular formula is C19H30IN5O2S. The zero-order valence-corrected chi connectivity index (χ0v) is 19.7. The molecule has 1 aliphatic heterocycles. The number of rotatable bonds is 7. The maximum Gasteiger partial charge on any atom is 0.214 e. The van der Waals surface area contributed by atoms with Crippen LogP contribution in [0.3, 0.4) is 0 Å². The van der Waals surface area contributed by atoms with E-state index >= 15 is 0 Å². The van der Waals surface area contributed by atoms with Gasteiger partial charge in [0.2, 0.25) is 10.0 Å². The van der Waals surface area contributed by atoms with E-state index in [2.05, 4.69) is 21.7 Å². The van der Waals surface area contributed by atoms with Crippen LogP contribution >= 0.6 is 24.0 Å². The fourth-order valence-electron chi connectivity index (χ4n) is 3.03. The second kappa shape index (κ2) is 12.2. The van der Waals surface area contributed by atoms with Gasteiger partial charge < -0.3 is 10.6 Å². The normalized spacial score (nSPS) is 16.1. The smallest absolute Gasteiger partial charge is 0.214 e. The zero-order valence-electron chi connectivity index (χ0n) is 16.5. The standard InChI is InChI=1S/C19H29N5O2S.HI/c1-3-13-27(25,26)24-11-9-18(10-12-24)23-19(21-4-2)22-15-17-7-5-16(14-20)6-8-17;/h5-8,18H,3-4,9-13,15H2,1-2H3,(H2,21,22,23);1H. The summed E-state index contributed by atoms with van der Waals surface area (Å²) in [7, 11) is -3.11. The van der Waals surface area contributed by atoms with Gasteiger partial charge in [-0.05, 0) is 43.9 Å². The molecule has 1 aliphatic rings. The molecule has 2 N–H and O–H groups in total. The van der Waals surface area contributed by atoms with Crippen molar-refractivity contribution in [3.8, 4) is 6.07 Å². The topological polar surface area (TPSA) is 97.6 Å². The maximum atomic E-state index is 12.2. The third-order valence-electron chi connectivity index (χ3n) is 4.50. The van der Waals surface area contributed by atoms with Crippen LogP contribution in [-0.4, -0.2) is 50.1 Å². The van der Waals surface area contributed by atoms with Gasteiger partial charge in [-0.15, -0.1) is 24.0 Å². The number of nitrogens with zero attached hydrogens (tertiary/aromatic N) is 3. The highest BCUT2D eigenvalue weighted by Gasteiger charge is 2.27. The largest absolute Gasteiger partial charge is 0.357 e. The average molecular weight is 519 g/mol. The Morgan fingerprint density at radius 3 is 2.43 bits per heavy atom. The van der Waals surface area contributed by atoms with E-state index in [1.807, 2.05) is 26.0 Å². The molecule has 0 amide bonds. The van der Waals surface area contributed by atoms with Gasteiger partial charge in [-0.3, -0.25) is 0 Å². The lowest BCUT2D eigenvalue weighted by Crippen LogP contribution is -2.50. The van der Waals surface area contributed by atoms with Gasteiger partial charge in [0.05, 0.1) is 23.9 Å². The number of aliphatic imine (C=N–C) groups is 1. The molecule has 0 radical (unpaired) electrons. The monoisotopic (exact) mass is 519 g/mol. The molecule has 0 bridgehead atoms. The summed E-state index contributed by atoms with van der Waals surface area (Å²) in [5.74, 6) is 0.955. The fourth-order valence-corrected chi connectivity index (χ4v) is 4.58. The lowest BCUT2D eigenvalue weighted by molar-refractivity contribution is 0.306. The second-order valence-corrected chi connectivity index (χ2v) is 8.73. The molecule has 0 aromatic heterocycles. The molecule has 1 saturated heterocycles. The first-order chi connectivity index (χ1) is 13.0. The summed E-state index contributed by atoms with van der Waals surface area (Å²) in [6, 6.07) is 9.70. The zero-order chi connectivity index (χ0) is 19.7. The molecule has 0 unspecified atom stereocenters. The Kier molecular flexibility index (Phi) is 10.8. The fraction of sp³-hybridized carbons (Fsp3) is 0.579. The molecule has 0 aliphatic carbocycles. The Balaban J connectivity index is 0.00000392. The Bertz CT molecular complexity index is 767. The molecule has 2 rings (SSSR count). The highest BCUT2D eigenvalue weighted by Crippen LogP contribution is 2.15. The number of guanidine groups is 1. The van der Waals surface area contributed by atoms with Crippen LogP contribution in [0.5, 0.6) is 0 Å². The quantitative estimate of drug-likeness (QED) is 0.328. The van der Waals surface area contributed by atoms with Crippen molar-refractivity contribution in [2.24, 2.45) is 4.99 Å². The number of benzene rings is 1. The van der Waals surface area contributed by atoms with Gasteiger partial charge in [0.15, 0.2) is 5.96 Å². The summed E-state index contributed by atoms with van der Waals surface area (Å²) in [5, 5.41) is 15.5. The number of nitrogens with one attached hydrogen (secondary N) is 2. The molecular weight excluding hydrogens is 489 g/mol. The van der Waals surface area contributed by atoms with Crippen LogP contribution in [-0.2, 0) is 16.6 Å². The highest BCUT2D eigenvalue weighted by molar-refractivity contribution is 14.0. The summed E-state index contributed by atoms with van der Waals surface area (Å²) >= 11 is 0. The van der Waals surface area contributed by atoms with E-state index in [9.17, 15) is 8.42 Å². The van der Waals surface area contributed by atoms with E-state index in [1.54, 1.807) is 16.4 Å². The van der Waals surface area contributed by atoms with E-state index < -0.39 is 10.0 Å². The lowest BCUT2D eigenvalue weighted by Gasteiger charge is -2.32. The lowest BCUT2D eigenvalue weighted by atomic mass is 10.1. The highest BCUT2D eigenvalue weighted by atomic mass is 127. The molecule has 28 heavy (non-hydrogen) atoms.